The molecule has 0 spiro atoms. The van der Waals surface area contributed by atoms with Crippen LogP contribution in [0.15, 0.2) is 29.2 Å². The molecule has 1 unspecified atom stereocenters. The van der Waals surface area contributed by atoms with Gasteiger partial charge in [0.25, 0.3) is 0 Å². The Labute approximate surface area is 87.5 Å². The molecule has 15 heavy (non-hydrogen) atoms. The molecule has 1 N–H and O–H groups in total. The summed E-state index contributed by atoms with van der Waals surface area (Å²) in [6.07, 6.45) is 0. The van der Waals surface area contributed by atoms with E-state index in [1.165, 1.54) is 12.1 Å². The van der Waals surface area contributed by atoms with Crippen LogP contribution < -0.4 is 0 Å². The van der Waals surface area contributed by atoms with E-state index in [0.717, 1.165) is 5.56 Å². The zero-order chi connectivity index (χ0) is 11.5. The van der Waals surface area contributed by atoms with Crippen LogP contribution in [0.5, 0.6) is 0 Å². The highest BCUT2D eigenvalue weighted by Gasteiger charge is 2.17. The van der Waals surface area contributed by atoms with Crippen LogP contribution in [0.3, 0.4) is 0 Å². The molecule has 0 aliphatic carbocycles. The standard InChI is InChI=1S/C7H9O6PS/c1-6-2-4-7(5-3-6)15(10,11)13-12-14(8)9/h2-5,14H,1H3,(H,8,9). The van der Waals surface area contributed by atoms with Crippen molar-refractivity contribution in [1.29, 1.82) is 0 Å². The number of hydrogen-bond donors (Lipinski definition) is 1. The molecule has 6 nitrogen and oxygen atoms in total. The summed E-state index contributed by atoms with van der Waals surface area (Å²) >= 11 is 0. The largest absolute Gasteiger partial charge is 0.346 e. The third-order valence-electron chi connectivity index (χ3n) is 1.50. The van der Waals surface area contributed by atoms with E-state index in [4.69, 9.17) is 4.89 Å². The van der Waals surface area contributed by atoms with Crippen LogP contribution >= 0.6 is 8.25 Å². The normalized spacial score (nSPS) is 13.7. The third kappa shape index (κ3) is 3.73. The van der Waals surface area contributed by atoms with E-state index in [2.05, 4.69) is 9.01 Å². The molecule has 1 aromatic rings. The van der Waals surface area contributed by atoms with Gasteiger partial charge in [0.15, 0.2) is 0 Å². The molecule has 0 bridgehead atoms. The van der Waals surface area contributed by atoms with E-state index in [-0.39, 0.29) is 4.90 Å². The summed E-state index contributed by atoms with van der Waals surface area (Å²) in [5.41, 5.74) is 0.880. The molecule has 1 atom stereocenters. The quantitative estimate of drug-likeness (QED) is 0.488. The fourth-order valence-electron chi connectivity index (χ4n) is 0.818. The van der Waals surface area contributed by atoms with E-state index in [1.807, 2.05) is 0 Å². The van der Waals surface area contributed by atoms with Crippen LogP contribution in [0.4, 0.5) is 0 Å². The van der Waals surface area contributed by atoms with Crippen molar-refractivity contribution >= 4 is 18.4 Å². The second-order valence-corrected chi connectivity index (χ2v) is 4.90. The first-order valence-electron chi connectivity index (χ1n) is 3.82. The second-order valence-electron chi connectivity index (χ2n) is 2.68. The molecule has 0 radical (unpaired) electrons. The molecule has 8 heteroatoms. The Morgan fingerprint density at radius 1 is 1.27 bits per heavy atom. The zero-order valence-electron chi connectivity index (χ0n) is 7.71. The minimum Gasteiger partial charge on any atom is -0.325 e. The lowest BCUT2D eigenvalue weighted by Gasteiger charge is -2.02. The first kappa shape index (κ1) is 12.4. The van der Waals surface area contributed by atoms with Crippen molar-refractivity contribution in [1.82, 2.24) is 0 Å². The van der Waals surface area contributed by atoms with E-state index >= 15 is 0 Å². The predicted octanol–water partition coefficient (Wildman–Crippen LogP) is 1.01. The summed E-state index contributed by atoms with van der Waals surface area (Å²) in [6, 6.07) is 5.75. The van der Waals surface area contributed by atoms with Gasteiger partial charge in [-0.25, -0.2) is 0 Å². The Morgan fingerprint density at radius 2 is 1.80 bits per heavy atom. The van der Waals surface area contributed by atoms with Gasteiger partial charge in [0.2, 0.25) is 0 Å². The maximum atomic E-state index is 11.3. The van der Waals surface area contributed by atoms with E-state index in [9.17, 15) is 13.0 Å². The van der Waals surface area contributed by atoms with Crippen LogP contribution in [0.1, 0.15) is 5.56 Å². The van der Waals surface area contributed by atoms with Gasteiger partial charge in [0.1, 0.15) is 0 Å². The fraction of sp³-hybridized carbons (Fsp3) is 0.143. The SMILES string of the molecule is Cc1ccc(S(=O)(=O)OO[PH](=O)O)cc1. The molecular formula is C7H9O6PS. The molecule has 0 aromatic heterocycles. The lowest BCUT2D eigenvalue weighted by molar-refractivity contribution is -0.0942. The summed E-state index contributed by atoms with van der Waals surface area (Å²) < 4.78 is 40.2. The van der Waals surface area contributed by atoms with Crippen LogP contribution in [-0.4, -0.2) is 13.3 Å². The molecule has 0 aliphatic heterocycles. The van der Waals surface area contributed by atoms with Gasteiger partial charge in [-0.1, -0.05) is 22.0 Å². The Balaban J connectivity index is 2.87. The number of rotatable bonds is 4. The van der Waals surface area contributed by atoms with Crippen molar-refractivity contribution < 1.29 is 26.9 Å². The molecule has 0 saturated carbocycles. The van der Waals surface area contributed by atoms with E-state index in [1.54, 1.807) is 19.1 Å². The topological polar surface area (TPSA) is 89.9 Å². The first-order chi connectivity index (χ1) is 6.92. The number of aryl methyl sites for hydroxylation is 1. The second kappa shape index (κ2) is 4.87. The molecule has 0 saturated heterocycles. The highest BCUT2D eigenvalue weighted by molar-refractivity contribution is 7.86. The molecular weight excluding hydrogens is 243 g/mol. The van der Waals surface area contributed by atoms with Crippen LogP contribution in [0.25, 0.3) is 0 Å². The molecule has 0 heterocycles. The Kier molecular flexibility index (Phi) is 4.01. The molecule has 1 aromatic carbocycles. The average Bonchev–Trinajstić information content (AvgIpc) is 2.16. The Bertz CT molecular complexity index is 451. The van der Waals surface area contributed by atoms with Gasteiger partial charge < -0.3 is 4.89 Å². The highest BCUT2D eigenvalue weighted by Crippen LogP contribution is 2.20. The maximum Gasteiger partial charge on any atom is 0.346 e. The Hall–Kier alpha value is -0.720. The van der Waals surface area contributed by atoms with Gasteiger partial charge in [-0.2, -0.15) is 8.42 Å². The summed E-state index contributed by atoms with van der Waals surface area (Å²) in [6.45, 7) is 1.79. The molecule has 84 valence electrons. The van der Waals surface area contributed by atoms with Gasteiger partial charge >= 0.3 is 18.4 Å². The predicted molar refractivity (Wildman–Crippen MR) is 51.8 cm³/mol. The number of benzene rings is 1. The van der Waals surface area contributed by atoms with Gasteiger partial charge in [0, 0.05) is 0 Å². The van der Waals surface area contributed by atoms with Crippen LogP contribution in [-0.2, 0) is 23.7 Å². The average molecular weight is 252 g/mol. The number of hydrogen-bond acceptors (Lipinski definition) is 5. The first-order valence-corrected chi connectivity index (χ1v) is 6.50. The summed E-state index contributed by atoms with van der Waals surface area (Å²) in [4.78, 5) is 8.10. The van der Waals surface area contributed by atoms with Crippen molar-refractivity contribution in [3.63, 3.8) is 0 Å². The summed E-state index contributed by atoms with van der Waals surface area (Å²) in [5.74, 6) is 0. The van der Waals surface area contributed by atoms with E-state index < -0.39 is 18.4 Å². The maximum absolute atomic E-state index is 11.3. The molecule has 1 rings (SSSR count). The molecule has 0 fully saturated rings. The highest BCUT2D eigenvalue weighted by atomic mass is 32.2. The zero-order valence-corrected chi connectivity index (χ0v) is 9.52. The van der Waals surface area contributed by atoms with E-state index in [0.29, 0.717) is 0 Å². The van der Waals surface area contributed by atoms with Crippen molar-refractivity contribution in [3.05, 3.63) is 29.8 Å². The summed E-state index contributed by atoms with van der Waals surface area (Å²) in [5, 5.41) is 0. The van der Waals surface area contributed by atoms with Crippen molar-refractivity contribution in [2.45, 2.75) is 11.8 Å². The minimum atomic E-state index is -4.13. The monoisotopic (exact) mass is 252 g/mol. The van der Waals surface area contributed by atoms with Gasteiger partial charge in [0.05, 0.1) is 4.90 Å². The van der Waals surface area contributed by atoms with Gasteiger partial charge in [-0.05, 0) is 19.1 Å². The molecule has 0 aliphatic rings. The lowest BCUT2D eigenvalue weighted by Crippen LogP contribution is -2.04. The fourth-order valence-corrected chi connectivity index (χ4v) is 1.96. The van der Waals surface area contributed by atoms with Gasteiger partial charge in [-0.3, -0.25) is 4.57 Å². The van der Waals surface area contributed by atoms with Crippen LogP contribution in [0.2, 0.25) is 0 Å². The lowest BCUT2D eigenvalue weighted by atomic mass is 10.2. The summed E-state index contributed by atoms with van der Waals surface area (Å²) in [7, 11) is -7.56. The van der Waals surface area contributed by atoms with Crippen LogP contribution in [0, 0.1) is 6.92 Å². The van der Waals surface area contributed by atoms with Crippen molar-refractivity contribution in [2.24, 2.45) is 0 Å². The smallest absolute Gasteiger partial charge is 0.325 e. The van der Waals surface area contributed by atoms with Crippen molar-refractivity contribution in [3.8, 4) is 0 Å². The minimum absolute atomic E-state index is 0.142. The van der Waals surface area contributed by atoms with Gasteiger partial charge in [-0.15, -0.1) is 4.67 Å². The Morgan fingerprint density at radius 3 is 2.27 bits per heavy atom. The third-order valence-corrected chi connectivity index (χ3v) is 2.95. The van der Waals surface area contributed by atoms with Crippen molar-refractivity contribution in [2.75, 3.05) is 0 Å². The molecule has 0 amide bonds.